The quantitative estimate of drug-likeness (QED) is 0.0946. The molecule has 0 radical (unpaired) electrons. The Hall–Kier alpha value is -1.16. The predicted octanol–water partition coefficient (Wildman–Crippen LogP) is 2.45. The minimum absolute atomic E-state index is 0.346. The molecule has 1 rings (SSSR count). The molecule has 0 saturated heterocycles. The third-order valence-corrected chi connectivity index (χ3v) is 6.44. The van der Waals surface area contributed by atoms with Crippen LogP contribution in [0.25, 0.3) is 10.4 Å². The third-order valence-electron chi connectivity index (χ3n) is 2.64. The van der Waals surface area contributed by atoms with Gasteiger partial charge in [0.05, 0.1) is 39.6 Å². The van der Waals surface area contributed by atoms with E-state index in [1.807, 2.05) is 12.4 Å². The summed E-state index contributed by atoms with van der Waals surface area (Å²) in [6.45, 7) is 7.86. The van der Waals surface area contributed by atoms with E-state index in [2.05, 4.69) is 33.1 Å². The molecule has 0 saturated carbocycles. The lowest BCUT2D eigenvalue weighted by Crippen LogP contribution is -2.10. The predicted molar refractivity (Wildman–Crippen MR) is 96.9 cm³/mol. The van der Waals surface area contributed by atoms with Crippen LogP contribution < -0.4 is 0 Å². The molecule has 0 aliphatic heterocycles. The first kappa shape index (κ1) is 20.9. The van der Waals surface area contributed by atoms with Crippen molar-refractivity contribution in [3.63, 3.8) is 0 Å². The van der Waals surface area contributed by atoms with Crippen molar-refractivity contribution in [2.75, 3.05) is 45.0 Å². The zero-order valence-electron chi connectivity index (χ0n) is 14.3. The number of rotatable bonds is 14. The smallest absolute Gasteiger partial charge is 0.187 e. The summed E-state index contributed by atoms with van der Waals surface area (Å²) in [5.41, 5.74) is 9.05. The molecule has 0 atom stereocenters. The van der Waals surface area contributed by atoms with Gasteiger partial charge < -0.3 is 14.2 Å². The van der Waals surface area contributed by atoms with Crippen LogP contribution in [0.5, 0.6) is 0 Å². The Morgan fingerprint density at radius 3 is 2.33 bits per heavy atom. The van der Waals surface area contributed by atoms with Gasteiger partial charge in [0.1, 0.15) is 0 Å². The molecule has 134 valence electrons. The van der Waals surface area contributed by atoms with E-state index >= 15 is 0 Å². The molecular formula is C14H25N5O3SSi. The monoisotopic (exact) mass is 371 g/mol. The average Bonchev–Trinajstić information content (AvgIpc) is 2.59. The largest absolute Gasteiger partial charge is 0.379 e. The molecule has 1 aromatic heterocycles. The van der Waals surface area contributed by atoms with Crippen LogP contribution in [-0.4, -0.2) is 63.7 Å². The lowest BCUT2D eigenvalue weighted by Gasteiger charge is -2.07. The first-order valence-electron chi connectivity index (χ1n) is 7.90. The Bertz CT molecular complexity index is 486. The minimum atomic E-state index is -0.579. The van der Waals surface area contributed by atoms with Crippen molar-refractivity contribution in [2.45, 2.75) is 24.9 Å². The number of ether oxygens (including phenoxy) is 3. The molecule has 0 fully saturated rings. The van der Waals surface area contributed by atoms with Crippen LogP contribution in [-0.2, 0) is 20.8 Å². The van der Waals surface area contributed by atoms with E-state index in [1.54, 1.807) is 11.8 Å². The molecule has 0 aliphatic carbocycles. The van der Waals surface area contributed by atoms with Crippen molar-refractivity contribution in [1.29, 1.82) is 0 Å². The fourth-order valence-corrected chi connectivity index (χ4v) is 3.70. The normalized spacial score (nSPS) is 10.8. The highest BCUT2D eigenvalue weighted by atomic mass is 32.2. The SMILES string of the molecule is C[SiH](C)CSc1ncc(COCCOCCOCCN=[N+]=[N-])cn1. The standard InChI is InChI=1S/C14H25N5O3SSi/c1-24(2)12-23-14-16-9-13(10-17-14)11-22-8-7-21-6-5-20-4-3-18-19-15/h9-10,24H,3-8,11-12H2,1-2H3. The van der Waals surface area contributed by atoms with Gasteiger partial charge in [-0.05, 0) is 10.9 Å². The number of hydrogen-bond donors (Lipinski definition) is 0. The van der Waals surface area contributed by atoms with Crippen molar-refractivity contribution in [1.82, 2.24) is 9.97 Å². The molecule has 0 aliphatic rings. The van der Waals surface area contributed by atoms with Gasteiger partial charge in [0.25, 0.3) is 0 Å². The van der Waals surface area contributed by atoms with Gasteiger partial charge in [-0.3, -0.25) is 0 Å². The maximum atomic E-state index is 8.09. The molecule has 1 heterocycles. The van der Waals surface area contributed by atoms with Crippen molar-refractivity contribution in [3.05, 3.63) is 28.4 Å². The van der Waals surface area contributed by atoms with Crippen molar-refractivity contribution in [3.8, 4) is 0 Å². The number of azide groups is 1. The first-order valence-corrected chi connectivity index (χ1v) is 12.0. The van der Waals surface area contributed by atoms with Crippen LogP contribution in [0.15, 0.2) is 22.7 Å². The number of aromatic nitrogens is 2. The molecule has 0 N–H and O–H groups in total. The molecule has 1 aromatic rings. The van der Waals surface area contributed by atoms with Crippen LogP contribution in [0.4, 0.5) is 0 Å². The zero-order chi connectivity index (χ0) is 17.5. The molecule has 0 amide bonds. The molecule has 10 heteroatoms. The Labute approximate surface area is 148 Å². The van der Waals surface area contributed by atoms with Gasteiger partial charge in [0, 0.05) is 38.2 Å². The van der Waals surface area contributed by atoms with E-state index in [4.69, 9.17) is 19.7 Å². The third kappa shape index (κ3) is 11.4. The molecule has 0 aromatic carbocycles. The van der Waals surface area contributed by atoms with Crippen molar-refractivity contribution in [2.24, 2.45) is 5.11 Å². The Morgan fingerprint density at radius 1 is 1.08 bits per heavy atom. The van der Waals surface area contributed by atoms with E-state index in [9.17, 15) is 0 Å². The van der Waals surface area contributed by atoms with Crippen LogP contribution in [0, 0.1) is 0 Å². The summed E-state index contributed by atoms with van der Waals surface area (Å²) < 4.78 is 16.1. The molecular weight excluding hydrogens is 346 g/mol. The molecule has 0 bridgehead atoms. The minimum Gasteiger partial charge on any atom is -0.379 e. The molecule has 0 spiro atoms. The second-order valence-electron chi connectivity index (χ2n) is 5.31. The van der Waals surface area contributed by atoms with E-state index in [-0.39, 0.29) is 0 Å². The fourth-order valence-electron chi connectivity index (χ4n) is 1.51. The van der Waals surface area contributed by atoms with E-state index < -0.39 is 8.80 Å². The van der Waals surface area contributed by atoms with Gasteiger partial charge in [-0.1, -0.05) is 30.0 Å². The number of hydrogen-bond acceptors (Lipinski definition) is 7. The van der Waals surface area contributed by atoms with Gasteiger partial charge >= 0.3 is 0 Å². The number of thioether (sulfide) groups is 1. The summed E-state index contributed by atoms with van der Waals surface area (Å²) in [6.07, 6.45) is 3.63. The Balaban J connectivity index is 1.98. The summed E-state index contributed by atoms with van der Waals surface area (Å²) in [4.78, 5) is 11.3. The molecule has 24 heavy (non-hydrogen) atoms. The van der Waals surface area contributed by atoms with Crippen molar-refractivity contribution >= 4 is 20.6 Å². The van der Waals surface area contributed by atoms with Gasteiger partial charge in [-0.2, -0.15) is 0 Å². The fraction of sp³-hybridized carbons (Fsp3) is 0.714. The second-order valence-corrected chi connectivity index (χ2v) is 10.1. The van der Waals surface area contributed by atoms with Crippen LogP contribution in [0.3, 0.4) is 0 Å². The maximum absolute atomic E-state index is 8.09. The summed E-state index contributed by atoms with van der Waals surface area (Å²) in [7, 11) is -0.579. The highest BCUT2D eigenvalue weighted by Gasteiger charge is 2.02. The highest BCUT2D eigenvalue weighted by molar-refractivity contribution is 8.00. The van der Waals surface area contributed by atoms with Crippen LogP contribution >= 0.6 is 11.8 Å². The second kappa shape index (κ2) is 14.2. The lowest BCUT2D eigenvalue weighted by molar-refractivity contribution is 0.0118. The topological polar surface area (TPSA) is 102 Å². The van der Waals surface area contributed by atoms with Gasteiger partial charge in [0.2, 0.25) is 0 Å². The first-order chi connectivity index (χ1) is 11.7. The Morgan fingerprint density at radius 2 is 1.71 bits per heavy atom. The van der Waals surface area contributed by atoms with Crippen LogP contribution in [0.1, 0.15) is 5.56 Å². The van der Waals surface area contributed by atoms with Gasteiger partial charge in [-0.15, -0.1) is 0 Å². The van der Waals surface area contributed by atoms with Gasteiger partial charge in [0.15, 0.2) is 5.16 Å². The van der Waals surface area contributed by atoms with Crippen LogP contribution in [0.2, 0.25) is 13.1 Å². The molecule has 8 nitrogen and oxygen atoms in total. The Kier molecular flexibility index (Phi) is 12.4. The molecule has 0 unspecified atom stereocenters. The van der Waals surface area contributed by atoms with Crippen molar-refractivity contribution < 1.29 is 14.2 Å². The number of nitrogens with zero attached hydrogens (tertiary/aromatic N) is 5. The summed E-state index contributed by atoms with van der Waals surface area (Å²) in [5, 5.41) is 5.36. The lowest BCUT2D eigenvalue weighted by atomic mass is 10.4. The van der Waals surface area contributed by atoms with E-state index in [0.717, 1.165) is 16.1 Å². The van der Waals surface area contributed by atoms with E-state index in [0.29, 0.717) is 46.2 Å². The van der Waals surface area contributed by atoms with Gasteiger partial charge in [-0.25, -0.2) is 9.97 Å². The highest BCUT2D eigenvalue weighted by Crippen LogP contribution is 2.13. The summed E-state index contributed by atoms with van der Waals surface area (Å²) in [5.74, 6) is 0. The van der Waals surface area contributed by atoms with E-state index in [1.165, 1.54) is 0 Å². The zero-order valence-corrected chi connectivity index (χ0v) is 16.2. The maximum Gasteiger partial charge on any atom is 0.187 e. The average molecular weight is 372 g/mol. The summed E-state index contributed by atoms with van der Waals surface area (Å²) in [6, 6.07) is 0. The summed E-state index contributed by atoms with van der Waals surface area (Å²) >= 11 is 1.73.